The first-order valence-corrected chi connectivity index (χ1v) is 8.42. The van der Waals surface area contributed by atoms with Gasteiger partial charge in [-0.3, -0.25) is 4.79 Å². The average Bonchev–Trinajstić information content (AvgIpc) is 2.59. The Morgan fingerprint density at radius 1 is 1.28 bits per heavy atom. The monoisotopic (exact) mass is 359 g/mol. The van der Waals surface area contributed by atoms with Crippen molar-refractivity contribution in [2.75, 3.05) is 18.1 Å². The Morgan fingerprint density at radius 2 is 2.04 bits per heavy atom. The summed E-state index contributed by atoms with van der Waals surface area (Å²) < 4.78 is 26.5. The maximum absolute atomic E-state index is 13.6. The molecule has 0 bridgehead atoms. The lowest BCUT2D eigenvalue weighted by atomic mass is 10.1. The zero-order valence-electron chi connectivity index (χ0n) is 13.4. The molecule has 0 aliphatic carbocycles. The van der Waals surface area contributed by atoms with Crippen LogP contribution in [-0.4, -0.2) is 28.8 Å². The lowest BCUT2D eigenvalue weighted by Crippen LogP contribution is -2.27. The van der Waals surface area contributed by atoms with Gasteiger partial charge in [0.15, 0.2) is 5.17 Å². The minimum Gasteiger partial charge on any atom is -0.324 e. The van der Waals surface area contributed by atoms with Crippen molar-refractivity contribution in [2.24, 2.45) is 4.99 Å². The van der Waals surface area contributed by atoms with Crippen molar-refractivity contribution in [2.45, 2.75) is 0 Å². The summed E-state index contributed by atoms with van der Waals surface area (Å²) in [5.41, 5.74) is 2.46. The molecule has 0 spiro atoms. The van der Waals surface area contributed by atoms with Crippen LogP contribution in [0.4, 0.5) is 20.2 Å². The molecule has 2 aromatic rings. The highest BCUT2D eigenvalue weighted by molar-refractivity contribution is 8.14. The highest BCUT2D eigenvalue weighted by Gasteiger charge is 2.21. The average molecular weight is 359 g/mol. The third-order valence-electron chi connectivity index (χ3n) is 3.66. The molecule has 0 saturated carbocycles. The molecule has 2 aromatic carbocycles. The summed E-state index contributed by atoms with van der Waals surface area (Å²) in [6, 6.07) is 10.6. The van der Waals surface area contributed by atoms with E-state index in [2.05, 4.69) is 16.9 Å². The number of aliphatic imine (C=N–C) groups is 1. The number of amidine groups is 1. The maximum atomic E-state index is 13.6. The van der Waals surface area contributed by atoms with Gasteiger partial charge in [0.1, 0.15) is 11.6 Å². The summed E-state index contributed by atoms with van der Waals surface area (Å²) in [5.74, 6) is -1.88. The predicted molar refractivity (Wildman–Crippen MR) is 97.8 cm³/mol. The van der Waals surface area contributed by atoms with Crippen molar-refractivity contribution in [3.63, 3.8) is 0 Å². The van der Waals surface area contributed by atoms with Gasteiger partial charge in [-0.15, -0.1) is 0 Å². The number of nitrogens with zero attached hydrogens (tertiary/aromatic N) is 2. The zero-order chi connectivity index (χ0) is 18.0. The second-order valence-corrected chi connectivity index (χ2v) is 6.32. The number of carbonyl (C=O) groups is 1. The van der Waals surface area contributed by atoms with Crippen LogP contribution in [0.15, 0.2) is 54.0 Å². The van der Waals surface area contributed by atoms with Crippen molar-refractivity contribution >= 4 is 39.9 Å². The van der Waals surface area contributed by atoms with Crippen LogP contribution in [0, 0.1) is 11.6 Å². The molecule has 1 amide bonds. The predicted octanol–water partition coefficient (Wildman–Crippen LogP) is 4.24. The molecule has 3 rings (SSSR count). The van der Waals surface area contributed by atoms with E-state index in [1.54, 1.807) is 4.90 Å². The highest BCUT2D eigenvalue weighted by Crippen LogP contribution is 2.34. The standard InChI is InChI=1S/C18H15F2N3OS/c1-11-13-5-3-4-6-15(13)22-18(23(11)2)25-10-17(24)21-16-8-7-12(19)9-14(16)20/h3-9H,1,10H2,2H3,(H,21,24). The van der Waals surface area contributed by atoms with Crippen LogP contribution in [0.2, 0.25) is 0 Å². The Morgan fingerprint density at radius 3 is 2.80 bits per heavy atom. The van der Waals surface area contributed by atoms with Gasteiger partial charge in [0.05, 0.1) is 17.1 Å². The van der Waals surface area contributed by atoms with Gasteiger partial charge >= 0.3 is 0 Å². The van der Waals surface area contributed by atoms with Gasteiger partial charge in [0, 0.05) is 24.4 Å². The fourth-order valence-electron chi connectivity index (χ4n) is 2.33. The summed E-state index contributed by atoms with van der Waals surface area (Å²) in [5, 5.41) is 3.05. The number of carbonyl (C=O) groups excluding carboxylic acids is 1. The second-order valence-electron chi connectivity index (χ2n) is 5.38. The number of thioether (sulfide) groups is 1. The number of anilines is 1. The number of hydrogen-bond acceptors (Lipinski definition) is 4. The molecule has 25 heavy (non-hydrogen) atoms. The minimum atomic E-state index is -0.812. The smallest absolute Gasteiger partial charge is 0.234 e. The minimum absolute atomic E-state index is 0.0371. The third-order valence-corrected chi connectivity index (χ3v) is 4.69. The first kappa shape index (κ1) is 17.2. The van der Waals surface area contributed by atoms with Gasteiger partial charge in [0.25, 0.3) is 0 Å². The Labute approximate surface area is 148 Å². The number of rotatable bonds is 3. The Bertz CT molecular complexity index is 882. The Balaban J connectivity index is 1.68. The van der Waals surface area contributed by atoms with E-state index in [-0.39, 0.29) is 11.4 Å². The number of amides is 1. The quantitative estimate of drug-likeness (QED) is 0.891. The van der Waals surface area contributed by atoms with E-state index in [1.165, 1.54) is 17.8 Å². The number of fused-ring (bicyclic) bond motifs is 1. The van der Waals surface area contributed by atoms with Crippen molar-refractivity contribution in [3.05, 3.63) is 66.2 Å². The molecule has 128 valence electrons. The van der Waals surface area contributed by atoms with Crippen LogP contribution in [-0.2, 0) is 4.79 Å². The maximum Gasteiger partial charge on any atom is 0.234 e. The summed E-state index contributed by atoms with van der Waals surface area (Å²) in [4.78, 5) is 18.4. The van der Waals surface area contributed by atoms with Crippen LogP contribution >= 0.6 is 11.8 Å². The number of nitrogens with one attached hydrogen (secondary N) is 1. The molecule has 0 atom stereocenters. The van der Waals surface area contributed by atoms with Gasteiger partial charge in [-0.1, -0.05) is 36.5 Å². The molecular formula is C18H15F2N3OS. The second kappa shape index (κ2) is 7.06. The molecule has 0 saturated heterocycles. The van der Waals surface area contributed by atoms with Crippen LogP contribution < -0.4 is 5.32 Å². The molecule has 0 radical (unpaired) electrons. The van der Waals surface area contributed by atoms with Gasteiger partial charge in [0.2, 0.25) is 5.91 Å². The molecule has 1 aliphatic heterocycles. The van der Waals surface area contributed by atoms with Crippen molar-refractivity contribution in [1.29, 1.82) is 0 Å². The van der Waals surface area contributed by atoms with Crippen molar-refractivity contribution < 1.29 is 13.6 Å². The third kappa shape index (κ3) is 3.71. The fraction of sp³-hybridized carbons (Fsp3) is 0.111. The van der Waals surface area contributed by atoms with Gasteiger partial charge in [-0.25, -0.2) is 13.8 Å². The zero-order valence-corrected chi connectivity index (χ0v) is 14.2. The van der Waals surface area contributed by atoms with E-state index in [0.29, 0.717) is 5.17 Å². The number of benzene rings is 2. The molecule has 0 aromatic heterocycles. The number of para-hydroxylation sites is 1. The Hall–Kier alpha value is -2.67. The molecule has 1 heterocycles. The van der Waals surface area contributed by atoms with E-state index in [4.69, 9.17) is 0 Å². The van der Waals surface area contributed by atoms with Crippen molar-refractivity contribution in [3.8, 4) is 0 Å². The van der Waals surface area contributed by atoms with Crippen LogP contribution in [0.25, 0.3) is 5.70 Å². The van der Waals surface area contributed by atoms with E-state index in [1.807, 2.05) is 31.3 Å². The molecule has 0 unspecified atom stereocenters. The van der Waals surface area contributed by atoms with Gasteiger partial charge in [-0.2, -0.15) is 0 Å². The molecule has 1 aliphatic rings. The van der Waals surface area contributed by atoms with Crippen LogP contribution in [0.5, 0.6) is 0 Å². The SMILES string of the molecule is C=C1c2ccccc2N=C(SCC(=O)Nc2ccc(F)cc2F)N1C. The largest absolute Gasteiger partial charge is 0.324 e. The molecule has 4 nitrogen and oxygen atoms in total. The molecule has 1 N–H and O–H groups in total. The van der Waals surface area contributed by atoms with Crippen LogP contribution in [0.1, 0.15) is 5.56 Å². The number of halogens is 2. The lowest BCUT2D eigenvalue weighted by Gasteiger charge is -2.28. The Kier molecular flexibility index (Phi) is 4.85. The van der Waals surface area contributed by atoms with E-state index in [9.17, 15) is 13.6 Å². The number of hydrogen-bond donors (Lipinski definition) is 1. The normalized spacial score (nSPS) is 13.3. The molecule has 7 heteroatoms. The first-order valence-electron chi connectivity index (χ1n) is 7.44. The van der Waals surface area contributed by atoms with E-state index < -0.39 is 17.5 Å². The summed E-state index contributed by atoms with van der Waals surface area (Å²) >= 11 is 1.22. The van der Waals surface area contributed by atoms with Crippen LogP contribution in [0.3, 0.4) is 0 Å². The fourth-order valence-corrected chi connectivity index (χ4v) is 3.12. The van der Waals surface area contributed by atoms with Crippen molar-refractivity contribution in [1.82, 2.24) is 4.90 Å². The van der Waals surface area contributed by atoms with E-state index in [0.717, 1.165) is 29.1 Å². The van der Waals surface area contributed by atoms with Gasteiger partial charge < -0.3 is 10.2 Å². The topological polar surface area (TPSA) is 44.7 Å². The molecule has 0 fully saturated rings. The first-order chi connectivity index (χ1) is 12.0. The highest BCUT2D eigenvalue weighted by atomic mass is 32.2. The summed E-state index contributed by atoms with van der Waals surface area (Å²) in [7, 11) is 1.82. The lowest BCUT2D eigenvalue weighted by molar-refractivity contribution is -0.113. The summed E-state index contributed by atoms with van der Waals surface area (Å²) in [6.07, 6.45) is 0. The van der Waals surface area contributed by atoms with Gasteiger partial charge in [-0.05, 0) is 18.2 Å². The van der Waals surface area contributed by atoms with E-state index >= 15 is 0 Å². The molecular weight excluding hydrogens is 344 g/mol. The summed E-state index contributed by atoms with van der Waals surface area (Å²) in [6.45, 7) is 4.05.